The van der Waals surface area contributed by atoms with Crippen molar-refractivity contribution in [1.82, 2.24) is 9.47 Å². The van der Waals surface area contributed by atoms with E-state index < -0.39 is 0 Å². The summed E-state index contributed by atoms with van der Waals surface area (Å²) in [6.45, 7) is 7.55. The molecule has 1 aliphatic rings. The number of rotatable bonds is 21. The number of halogens is 2. The van der Waals surface area contributed by atoms with Crippen molar-refractivity contribution < 1.29 is 9.53 Å². The van der Waals surface area contributed by atoms with Crippen LogP contribution in [0, 0.1) is 0 Å². The summed E-state index contributed by atoms with van der Waals surface area (Å²) < 4.78 is 7.38. The molecule has 4 rings (SSSR count). The van der Waals surface area contributed by atoms with Gasteiger partial charge in [-0.2, -0.15) is 0 Å². The second kappa shape index (κ2) is 23.7. The van der Waals surface area contributed by atoms with E-state index in [2.05, 4.69) is 77.5 Å². The lowest BCUT2D eigenvalue weighted by Crippen LogP contribution is -2.46. The molecule has 2 aromatic carbocycles. The van der Waals surface area contributed by atoms with Crippen LogP contribution in [0.1, 0.15) is 82.3 Å². The first-order valence-corrected chi connectivity index (χ1v) is 19.7. The van der Waals surface area contributed by atoms with Gasteiger partial charge in [0.05, 0.1) is 27.9 Å². The Bertz CT molecular complexity index is 1750. The second-order valence-electron chi connectivity index (χ2n) is 13.1. The number of hydrogen-bond donors (Lipinski definition) is 0. The minimum atomic E-state index is -0.308. The highest BCUT2D eigenvalue weighted by Crippen LogP contribution is 2.33. The first kappa shape index (κ1) is 40.9. The summed E-state index contributed by atoms with van der Waals surface area (Å²) in [4.78, 5) is 30.8. The van der Waals surface area contributed by atoms with Crippen LogP contribution >= 0.6 is 23.2 Å². The van der Waals surface area contributed by atoms with Crippen molar-refractivity contribution in [2.75, 3.05) is 44.2 Å². The molecule has 3 aromatic rings. The SMILES string of the molecule is CCCC=CCC=CCC=CCC=CCC=CCCCC(=O)n1c(=O)ccc2ccc(OCCCCN3CCN(c4cccc(Cl)c4Cl)CC3)cc21. The average Bonchev–Trinajstić information content (AvgIpc) is 3.15. The first-order valence-electron chi connectivity index (χ1n) is 19.0. The standard InChI is InChI=1S/C44H55Cl2N3O3/c1-2-3-4-5-6-7-8-9-10-11-12-13-14-15-16-17-18-19-25-42(50)49-41-36-38(28-26-37(41)27-29-43(49)51)52-35-21-20-30-47-31-33-48(34-32-47)40-24-22-23-39(45)44(40)46/h4-5,7-8,10-11,13-14,16-17,22-24,26-29,36H,2-3,6,9,12,15,18-21,25,30-35H2,1H3. The van der Waals surface area contributed by atoms with Crippen molar-refractivity contribution in [2.24, 2.45) is 0 Å². The van der Waals surface area contributed by atoms with E-state index in [0.717, 1.165) is 95.2 Å². The van der Waals surface area contributed by atoms with Crippen LogP contribution in [0.2, 0.25) is 10.0 Å². The summed E-state index contributed by atoms with van der Waals surface area (Å²) in [5.41, 5.74) is 1.29. The molecule has 2 heterocycles. The molecule has 1 fully saturated rings. The number of fused-ring (bicyclic) bond motifs is 1. The van der Waals surface area contributed by atoms with Gasteiger partial charge < -0.3 is 9.64 Å². The number of nitrogens with zero attached hydrogens (tertiary/aromatic N) is 3. The van der Waals surface area contributed by atoms with Gasteiger partial charge in [-0.1, -0.05) is 103 Å². The Morgan fingerprint density at radius 1 is 0.750 bits per heavy atom. The third kappa shape index (κ3) is 13.9. The molecule has 0 N–H and O–H groups in total. The lowest BCUT2D eigenvalue weighted by Gasteiger charge is -2.36. The molecule has 0 spiro atoms. The van der Waals surface area contributed by atoms with Gasteiger partial charge in [-0.25, -0.2) is 4.57 Å². The van der Waals surface area contributed by atoms with E-state index >= 15 is 0 Å². The Balaban J connectivity index is 1.12. The number of allylic oxidation sites excluding steroid dienone is 10. The number of ether oxygens (including phenoxy) is 1. The van der Waals surface area contributed by atoms with Gasteiger partial charge in [-0.3, -0.25) is 14.5 Å². The van der Waals surface area contributed by atoms with Gasteiger partial charge in [-0.15, -0.1) is 0 Å². The Morgan fingerprint density at radius 2 is 1.38 bits per heavy atom. The second-order valence-corrected chi connectivity index (χ2v) is 13.8. The molecule has 1 saturated heterocycles. The van der Waals surface area contributed by atoms with E-state index in [0.29, 0.717) is 40.8 Å². The van der Waals surface area contributed by atoms with Gasteiger partial charge in [0.1, 0.15) is 5.75 Å². The summed E-state index contributed by atoms with van der Waals surface area (Å²) >= 11 is 12.6. The normalized spacial score (nSPS) is 14.4. The molecule has 8 heteroatoms. The molecule has 0 aliphatic carbocycles. The maximum absolute atomic E-state index is 13.2. The quantitative estimate of drug-likeness (QED) is 0.0803. The molecule has 1 aromatic heterocycles. The molecule has 0 saturated carbocycles. The number of aromatic nitrogens is 1. The number of piperazine rings is 1. The monoisotopic (exact) mass is 743 g/mol. The summed E-state index contributed by atoms with van der Waals surface area (Å²) in [6.07, 6.45) is 31.7. The predicted octanol–water partition coefficient (Wildman–Crippen LogP) is 11.2. The Labute approximate surface area is 320 Å². The molecular weight excluding hydrogens is 689 g/mol. The molecule has 6 nitrogen and oxygen atoms in total. The van der Waals surface area contributed by atoms with Crippen molar-refractivity contribution in [3.05, 3.63) is 130 Å². The number of carbonyl (C=O) groups is 1. The lowest BCUT2D eigenvalue weighted by molar-refractivity contribution is 0.0901. The van der Waals surface area contributed by atoms with E-state index in [-0.39, 0.29) is 11.5 Å². The number of unbranched alkanes of at least 4 members (excludes halogenated alkanes) is 3. The number of pyridine rings is 1. The fourth-order valence-corrected chi connectivity index (χ4v) is 6.52. The van der Waals surface area contributed by atoms with E-state index in [1.54, 1.807) is 6.07 Å². The van der Waals surface area contributed by atoms with Crippen molar-refractivity contribution >= 4 is 45.7 Å². The first-order chi connectivity index (χ1) is 25.5. The summed E-state index contributed by atoms with van der Waals surface area (Å²) in [6, 6.07) is 14.7. The zero-order valence-electron chi connectivity index (χ0n) is 30.7. The number of hydrogen-bond acceptors (Lipinski definition) is 5. The third-order valence-corrected chi connectivity index (χ3v) is 9.85. The van der Waals surface area contributed by atoms with Gasteiger partial charge in [0, 0.05) is 44.7 Å². The summed E-state index contributed by atoms with van der Waals surface area (Å²) in [5, 5.41) is 2.05. The largest absolute Gasteiger partial charge is 0.494 e. The molecule has 52 heavy (non-hydrogen) atoms. The highest BCUT2D eigenvalue weighted by Gasteiger charge is 2.19. The molecule has 1 aliphatic heterocycles. The smallest absolute Gasteiger partial charge is 0.257 e. The molecule has 0 unspecified atom stereocenters. The van der Waals surface area contributed by atoms with Crippen LogP contribution in [0.15, 0.2) is 114 Å². The van der Waals surface area contributed by atoms with E-state index in [9.17, 15) is 9.59 Å². The molecule has 0 bridgehead atoms. The topological polar surface area (TPSA) is 54.8 Å². The van der Waals surface area contributed by atoms with Crippen LogP contribution in [0.25, 0.3) is 10.9 Å². The van der Waals surface area contributed by atoms with Gasteiger partial charge in [0.15, 0.2) is 0 Å². The van der Waals surface area contributed by atoms with Crippen LogP contribution < -0.4 is 15.2 Å². The van der Waals surface area contributed by atoms with Crippen LogP contribution in [-0.2, 0) is 0 Å². The fraction of sp³-hybridized carbons (Fsp3) is 0.409. The fourth-order valence-electron chi connectivity index (χ4n) is 6.11. The van der Waals surface area contributed by atoms with Crippen LogP contribution in [0.5, 0.6) is 5.75 Å². The summed E-state index contributed by atoms with van der Waals surface area (Å²) in [5.74, 6) is 0.481. The molecule has 0 atom stereocenters. The van der Waals surface area contributed by atoms with Crippen LogP contribution in [-0.4, -0.2) is 54.7 Å². The van der Waals surface area contributed by atoms with Gasteiger partial charge in [0.2, 0.25) is 5.91 Å². The maximum Gasteiger partial charge on any atom is 0.257 e. The van der Waals surface area contributed by atoms with Gasteiger partial charge >= 0.3 is 0 Å². The highest BCUT2D eigenvalue weighted by molar-refractivity contribution is 6.43. The van der Waals surface area contributed by atoms with Gasteiger partial charge in [-0.05, 0) is 100 Å². The summed E-state index contributed by atoms with van der Waals surface area (Å²) in [7, 11) is 0. The molecule has 0 amide bonds. The Kier molecular flexibility index (Phi) is 18.6. The lowest BCUT2D eigenvalue weighted by atomic mass is 10.1. The third-order valence-electron chi connectivity index (χ3n) is 9.04. The number of carbonyl (C=O) groups excluding carboxylic acids is 1. The van der Waals surface area contributed by atoms with E-state index in [4.69, 9.17) is 27.9 Å². The van der Waals surface area contributed by atoms with E-state index in [1.165, 1.54) is 17.1 Å². The Morgan fingerprint density at radius 3 is 2.06 bits per heavy atom. The van der Waals surface area contributed by atoms with Gasteiger partial charge in [0.25, 0.3) is 5.56 Å². The van der Waals surface area contributed by atoms with Crippen molar-refractivity contribution in [1.29, 1.82) is 0 Å². The number of anilines is 1. The molecule has 278 valence electrons. The van der Waals surface area contributed by atoms with E-state index in [1.807, 2.05) is 36.4 Å². The predicted molar refractivity (Wildman–Crippen MR) is 222 cm³/mol. The minimum absolute atomic E-state index is 0.187. The molecular formula is C44H55Cl2N3O3. The number of benzene rings is 2. The van der Waals surface area contributed by atoms with Crippen LogP contribution in [0.4, 0.5) is 5.69 Å². The zero-order valence-corrected chi connectivity index (χ0v) is 32.2. The highest BCUT2D eigenvalue weighted by atomic mass is 35.5. The van der Waals surface area contributed by atoms with Crippen LogP contribution in [0.3, 0.4) is 0 Å². The van der Waals surface area contributed by atoms with Crippen molar-refractivity contribution in [3.63, 3.8) is 0 Å². The van der Waals surface area contributed by atoms with Crippen molar-refractivity contribution in [3.8, 4) is 5.75 Å². The van der Waals surface area contributed by atoms with Crippen molar-refractivity contribution in [2.45, 2.75) is 77.6 Å². The molecule has 0 radical (unpaired) electrons. The zero-order chi connectivity index (χ0) is 36.8. The Hall–Kier alpha value is -3.84. The maximum atomic E-state index is 13.2. The average molecular weight is 745 g/mol. The minimum Gasteiger partial charge on any atom is -0.494 e.